The quantitative estimate of drug-likeness (QED) is 0.865. The van der Waals surface area contributed by atoms with E-state index in [2.05, 4.69) is 50.4 Å². The first-order valence-electron chi connectivity index (χ1n) is 6.59. The zero-order valence-corrected chi connectivity index (χ0v) is 11.1. The summed E-state index contributed by atoms with van der Waals surface area (Å²) in [4.78, 5) is 0. The highest BCUT2D eigenvalue weighted by Gasteiger charge is 2.20. The summed E-state index contributed by atoms with van der Waals surface area (Å²) < 4.78 is 5.57. The van der Waals surface area contributed by atoms with Crippen molar-refractivity contribution in [2.45, 2.75) is 51.8 Å². The number of rotatable bonds is 3. The van der Waals surface area contributed by atoms with Crippen molar-refractivity contribution >= 4 is 0 Å². The van der Waals surface area contributed by atoms with E-state index in [1.165, 1.54) is 11.1 Å². The molecule has 0 bridgehead atoms. The third-order valence-electron chi connectivity index (χ3n) is 3.51. The second kappa shape index (κ2) is 5.65. The van der Waals surface area contributed by atoms with Gasteiger partial charge in [0.15, 0.2) is 0 Å². The van der Waals surface area contributed by atoms with Gasteiger partial charge in [0.2, 0.25) is 0 Å². The first-order chi connectivity index (χ1) is 8.15. The van der Waals surface area contributed by atoms with Crippen LogP contribution in [0.5, 0.6) is 0 Å². The van der Waals surface area contributed by atoms with E-state index in [-0.39, 0.29) is 0 Å². The molecule has 0 aromatic heterocycles. The zero-order chi connectivity index (χ0) is 12.3. The number of hydrogen-bond donors (Lipinski definition) is 1. The maximum Gasteiger partial charge on any atom is 0.0561 e. The Bertz CT molecular complexity index is 364. The van der Waals surface area contributed by atoms with Crippen molar-refractivity contribution in [3.63, 3.8) is 0 Å². The highest BCUT2D eigenvalue weighted by Crippen LogP contribution is 2.19. The molecule has 0 spiro atoms. The standard InChI is InChI=1S/C15H23NO/c1-11-5-4-6-14(9-11)13(3)16-15-7-8-17-12(2)10-15/h4-6,9,12-13,15-16H,7-8,10H2,1-3H3. The molecular formula is C15H23NO. The highest BCUT2D eigenvalue weighted by atomic mass is 16.5. The minimum atomic E-state index is 0.394. The van der Waals surface area contributed by atoms with Gasteiger partial charge in [-0.05, 0) is 39.2 Å². The van der Waals surface area contributed by atoms with Crippen molar-refractivity contribution in [2.75, 3.05) is 6.61 Å². The molecular weight excluding hydrogens is 210 g/mol. The van der Waals surface area contributed by atoms with Gasteiger partial charge in [0, 0.05) is 18.7 Å². The van der Waals surface area contributed by atoms with E-state index >= 15 is 0 Å². The topological polar surface area (TPSA) is 21.3 Å². The summed E-state index contributed by atoms with van der Waals surface area (Å²) in [5.74, 6) is 0. The molecule has 1 aliphatic heterocycles. The molecule has 0 radical (unpaired) electrons. The van der Waals surface area contributed by atoms with Crippen molar-refractivity contribution < 1.29 is 4.74 Å². The van der Waals surface area contributed by atoms with Crippen LogP contribution in [0.4, 0.5) is 0 Å². The fourth-order valence-corrected chi connectivity index (χ4v) is 2.54. The predicted octanol–water partition coefficient (Wildman–Crippen LogP) is 3.21. The SMILES string of the molecule is Cc1cccc(C(C)NC2CCOC(C)C2)c1. The molecule has 2 rings (SSSR count). The molecule has 0 amide bonds. The predicted molar refractivity (Wildman–Crippen MR) is 71.2 cm³/mol. The van der Waals surface area contributed by atoms with Gasteiger partial charge in [0.05, 0.1) is 6.10 Å². The Hall–Kier alpha value is -0.860. The maximum absolute atomic E-state index is 5.57. The van der Waals surface area contributed by atoms with Crippen LogP contribution in [-0.4, -0.2) is 18.8 Å². The average Bonchev–Trinajstić information content (AvgIpc) is 2.29. The minimum absolute atomic E-state index is 0.394. The largest absolute Gasteiger partial charge is 0.378 e. The summed E-state index contributed by atoms with van der Waals surface area (Å²) in [6, 6.07) is 9.76. The van der Waals surface area contributed by atoms with Crippen LogP contribution in [-0.2, 0) is 4.74 Å². The van der Waals surface area contributed by atoms with Gasteiger partial charge < -0.3 is 10.1 Å². The molecule has 1 aliphatic rings. The van der Waals surface area contributed by atoms with E-state index in [0.717, 1.165) is 19.4 Å². The van der Waals surface area contributed by atoms with Crippen LogP contribution in [0, 0.1) is 6.92 Å². The molecule has 94 valence electrons. The summed E-state index contributed by atoms with van der Waals surface area (Å²) in [6.45, 7) is 7.44. The van der Waals surface area contributed by atoms with Crippen molar-refractivity contribution in [3.8, 4) is 0 Å². The Labute approximate surface area is 104 Å². The number of ether oxygens (including phenoxy) is 1. The molecule has 1 fully saturated rings. The molecule has 3 atom stereocenters. The van der Waals surface area contributed by atoms with Gasteiger partial charge in [0.25, 0.3) is 0 Å². The van der Waals surface area contributed by atoms with Crippen LogP contribution in [0.2, 0.25) is 0 Å². The lowest BCUT2D eigenvalue weighted by molar-refractivity contribution is 0.0116. The van der Waals surface area contributed by atoms with E-state index < -0.39 is 0 Å². The second-order valence-corrected chi connectivity index (χ2v) is 5.21. The van der Waals surface area contributed by atoms with Crippen LogP contribution in [0.15, 0.2) is 24.3 Å². The molecule has 2 heteroatoms. The molecule has 1 heterocycles. The van der Waals surface area contributed by atoms with Gasteiger partial charge in [-0.2, -0.15) is 0 Å². The molecule has 1 aromatic carbocycles. The fourth-order valence-electron chi connectivity index (χ4n) is 2.54. The van der Waals surface area contributed by atoms with Gasteiger partial charge in [-0.1, -0.05) is 29.8 Å². The lowest BCUT2D eigenvalue weighted by atomic mass is 10.0. The third kappa shape index (κ3) is 3.55. The molecule has 1 aromatic rings. The molecule has 17 heavy (non-hydrogen) atoms. The van der Waals surface area contributed by atoms with Crippen LogP contribution in [0.25, 0.3) is 0 Å². The Morgan fingerprint density at radius 2 is 2.24 bits per heavy atom. The monoisotopic (exact) mass is 233 g/mol. The first kappa shape index (κ1) is 12.6. The first-order valence-corrected chi connectivity index (χ1v) is 6.59. The lowest BCUT2D eigenvalue weighted by Gasteiger charge is -2.30. The van der Waals surface area contributed by atoms with Crippen LogP contribution >= 0.6 is 0 Å². The molecule has 2 nitrogen and oxygen atoms in total. The van der Waals surface area contributed by atoms with Gasteiger partial charge in [-0.15, -0.1) is 0 Å². The van der Waals surface area contributed by atoms with Crippen molar-refractivity contribution in [2.24, 2.45) is 0 Å². The lowest BCUT2D eigenvalue weighted by Crippen LogP contribution is -2.39. The Balaban J connectivity index is 1.94. The van der Waals surface area contributed by atoms with Crippen molar-refractivity contribution in [1.29, 1.82) is 0 Å². The van der Waals surface area contributed by atoms with E-state index in [1.807, 2.05) is 0 Å². The van der Waals surface area contributed by atoms with Crippen molar-refractivity contribution in [1.82, 2.24) is 5.32 Å². The maximum atomic E-state index is 5.57. The Morgan fingerprint density at radius 3 is 2.94 bits per heavy atom. The van der Waals surface area contributed by atoms with E-state index in [4.69, 9.17) is 4.74 Å². The van der Waals surface area contributed by atoms with Crippen LogP contribution in [0.1, 0.15) is 43.9 Å². The van der Waals surface area contributed by atoms with Gasteiger partial charge >= 0.3 is 0 Å². The summed E-state index contributed by atoms with van der Waals surface area (Å²) >= 11 is 0. The van der Waals surface area contributed by atoms with E-state index in [0.29, 0.717) is 18.2 Å². The van der Waals surface area contributed by atoms with Gasteiger partial charge in [-0.3, -0.25) is 0 Å². The normalized spacial score (nSPS) is 26.8. The average molecular weight is 233 g/mol. The van der Waals surface area contributed by atoms with Gasteiger partial charge in [0.1, 0.15) is 0 Å². The fraction of sp³-hybridized carbons (Fsp3) is 0.600. The number of hydrogen-bond acceptors (Lipinski definition) is 2. The highest BCUT2D eigenvalue weighted by molar-refractivity contribution is 5.24. The molecule has 0 aliphatic carbocycles. The van der Waals surface area contributed by atoms with Crippen LogP contribution in [0.3, 0.4) is 0 Å². The summed E-state index contributed by atoms with van der Waals surface area (Å²) in [5, 5.41) is 3.71. The Morgan fingerprint density at radius 1 is 1.41 bits per heavy atom. The molecule has 0 saturated carbocycles. The second-order valence-electron chi connectivity index (χ2n) is 5.21. The van der Waals surface area contributed by atoms with Gasteiger partial charge in [-0.25, -0.2) is 0 Å². The smallest absolute Gasteiger partial charge is 0.0561 e. The van der Waals surface area contributed by atoms with E-state index in [9.17, 15) is 0 Å². The summed E-state index contributed by atoms with van der Waals surface area (Å²) in [7, 11) is 0. The van der Waals surface area contributed by atoms with Crippen LogP contribution < -0.4 is 5.32 Å². The summed E-state index contributed by atoms with van der Waals surface area (Å²) in [6.07, 6.45) is 2.64. The number of aryl methyl sites for hydroxylation is 1. The number of nitrogens with one attached hydrogen (secondary N) is 1. The zero-order valence-electron chi connectivity index (χ0n) is 11.1. The van der Waals surface area contributed by atoms with Crippen molar-refractivity contribution in [3.05, 3.63) is 35.4 Å². The third-order valence-corrected chi connectivity index (χ3v) is 3.51. The molecule has 1 N–H and O–H groups in total. The summed E-state index contributed by atoms with van der Waals surface area (Å²) in [5.41, 5.74) is 2.71. The molecule has 1 saturated heterocycles. The Kier molecular flexibility index (Phi) is 4.19. The number of benzene rings is 1. The van der Waals surface area contributed by atoms with E-state index in [1.54, 1.807) is 0 Å². The minimum Gasteiger partial charge on any atom is -0.378 e. The molecule has 3 unspecified atom stereocenters.